The molecule has 0 amide bonds. The maximum absolute atomic E-state index is 10.9. The Labute approximate surface area is 87.9 Å². The molecule has 3 N–H and O–H groups in total. The molecule has 0 aliphatic heterocycles. The van der Waals surface area contributed by atoms with Gasteiger partial charge in [0.1, 0.15) is 6.04 Å². The number of aromatic nitrogens is 2. The molecule has 0 bridgehead atoms. The van der Waals surface area contributed by atoms with Crippen LogP contribution in [-0.4, -0.2) is 26.9 Å². The van der Waals surface area contributed by atoms with Crippen LogP contribution in [0.4, 0.5) is 0 Å². The van der Waals surface area contributed by atoms with Gasteiger partial charge in [-0.3, -0.25) is 9.48 Å². The van der Waals surface area contributed by atoms with Gasteiger partial charge in [0.2, 0.25) is 0 Å². The fourth-order valence-electron chi connectivity index (χ4n) is 2.17. The SMILES string of the molecule is Cc1cc(C2(C(N)C(=O)O)CC2)n(C)n1. The third kappa shape index (κ3) is 1.43. The third-order valence-corrected chi connectivity index (χ3v) is 3.16. The summed E-state index contributed by atoms with van der Waals surface area (Å²) in [6.07, 6.45) is 1.67. The van der Waals surface area contributed by atoms with Gasteiger partial charge in [0.15, 0.2) is 0 Å². The summed E-state index contributed by atoms with van der Waals surface area (Å²) in [6, 6.07) is 1.10. The Balaban J connectivity index is 2.38. The molecule has 1 aromatic heterocycles. The molecule has 1 aliphatic rings. The topological polar surface area (TPSA) is 81.1 Å². The highest BCUT2D eigenvalue weighted by molar-refractivity contribution is 5.76. The number of carboxylic acid groups (broad SMARTS) is 1. The van der Waals surface area contributed by atoms with Crippen molar-refractivity contribution in [3.63, 3.8) is 0 Å². The van der Waals surface area contributed by atoms with Crippen molar-refractivity contribution in [1.29, 1.82) is 0 Å². The van der Waals surface area contributed by atoms with Crippen molar-refractivity contribution in [2.24, 2.45) is 12.8 Å². The Morgan fingerprint density at radius 3 is 2.67 bits per heavy atom. The lowest BCUT2D eigenvalue weighted by molar-refractivity contribution is -0.139. The Morgan fingerprint density at radius 2 is 2.33 bits per heavy atom. The highest BCUT2D eigenvalue weighted by atomic mass is 16.4. The Hall–Kier alpha value is -1.36. The molecule has 0 aromatic carbocycles. The molecular formula is C10H15N3O2. The lowest BCUT2D eigenvalue weighted by Crippen LogP contribution is -2.42. The predicted molar refractivity (Wildman–Crippen MR) is 54.5 cm³/mol. The second kappa shape index (κ2) is 3.06. The van der Waals surface area contributed by atoms with Crippen molar-refractivity contribution in [3.05, 3.63) is 17.5 Å². The lowest BCUT2D eigenvalue weighted by atomic mass is 9.93. The van der Waals surface area contributed by atoms with E-state index < -0.39 is 12.0 Å². The number of nitrogens with zero attached hydrogens (tertiary/aromatic N) is 2. The van der Waals surface area contributed by atoms with E-state index in [0.717, 1.165) is 24.2 Å². The van der Waals surface area contributed by atoms with Gasteiger partial charge in [-0.1, -0.05) is 0 Å². The number of carbonyl (C=O) groups is 1. The number of rotatable bonds is 3. The molecule has 15 heavy (non-hydrogen) atoms. The zero-order valence-electron chi connectivity index (χ0n) is 8.90. The maximum Gasteiger partial charge on any atom is 0.321 e. The fourth-order valence-corrected chi connectivity index (χ4v) is 2.17. The van der Waals surface area contributed by atoms with Crippen molar-refractivity contribution < 1.29 is 9.90 Å². The monoisotopic (exact) mass is 209 g/mol. The molecule has 0 saturated heterocycles. The van der Waals surface area contributed by atoms with E-state index in [1.165, 1.54) is 0 Å². The van der Waals surface area contributed by atoms with Crippen molar-refractivity contribution in [3.8, 4) is 0 Å². The summed E-state index contributed by atoms with van der Waals surface area (Å²) in [5.41, 5.74) is 7.18. The minimum atomic E-state index is -0.939. The Bertz CT molecular complexity index is 407. The first kappa shape index (κ1) is 10.2. The lowest BCUT2D eigenvalue weighted by Gasteiger charge is -2.19. The first-order valence-corrected chi connectivity index (χ1v) is 4.97. The summed E-state index contributed by atoms with van der Waals surface area (Å²) in [5, 5.41) is 13.2. The van der Waals surface area contributed by atoms with Crippen molar-refractivity contribution in [2.45, 2.75) is 31.2 Å². The molecular weight excluding hydrogens is 194 g/mol. The van der Waals surface area contributed by atoms with Gasteiger partial charge >= 0.3 is 5.97 Å². The molecule has 1 fully saturated rings. The fraction of sp³-hybridized carbons (Fsp3) is 0.600. The van der Waals surface area contributed by atoms with Crippen LogP contribution in [0, 0.1) is 6.92 Å². The highest BCUT2D eigenvalue weighted by Crippen LogP contribution is 2.50. The van der Waals surface area contributed by atoms with Crippen LogP contribution in [0.2, 0.25) is 0 Å². The maximum atomic E-state index is 10.9. The van der Waals surface area contributed by atoms with E-state index in [2.05, 4.69) is 5.10 Å². The number of carboxylic acids is 1. The average molecular weight is 209 g/mol. The van der Waals surface area contributed by atoms with Crippen LogP contribution in [-0.2, 0) is 17.3 Å². The van der Waals surface area contributed by atoms with Gasteiger partial charge in [-0.25, -0.2) is 0 Å². The summed E-state index contributed by atoms with van der Waals surface area (Å²) < 4.78 is 1.74. The number of hydrogen-bond acceptors (Lipinski definition) is 3. The Morgan fingerprint density at radius 1 is 1.73 bits per heavy atom. The number of nitrogens with two attached hydrogens (primary N) is 1. The van der Waals surface area contributed by atoms with E-state index in [0.29, 0.717) is 0 Å². The van der Waals surface area contributed by atoms with Crippen LogP contribution in [0.15, 0.2) is 6.07 Å². The summed E-state index contributed by atoms with van der Waals surface area (Å²) in [4.78, 5) is 10.9. The molecule has 1 unspecified atom stereocenters. The van der Waals surface area contributed by atoms with Crippen molar-refractivity contribution in [2.75, 3.05) is 0 Å². The zero-order chi connectivity index (χ0) is 11.2. The molecule has 1 aliphatic carbocycles. The van der Waals surface area contributed by atoms with E-state index in [4.69, 9.17) is 10.8 Å². The van der Waals surface area contributed by atoms with E-state index in [1.807, 2.05) is 20.0 Å². The largest absolute Gasteiger partial charge is 0.480 e. The highest BCUT2D eigenvalue weighted by Gasteiger charge is 2.54. The van der Waals surface area contributed by atoms with Gasteiger partial charge in [0.05, 0.1) is 5.69 Å². The van der Waals surface area contributed by atoms with Gasteiger partial charge in [-0.15, -0.1) is 0 Å². The van der Waals surface area contributed by atoms with Gasteiger partial charge in [0, 0.05) is 18.2 Å². The summed E-state index contributed by atoms with van der Waals surface area (Å²) in [5.74, 6) is -0.939. The smallest absolute Gasteiger partial charge is 0.321 e. The molecule has 1 heterocycles. The van der Waals surface area contributed by atoms with Gasteiger partial charge in [0.25, 0.3) is 0 Å². The molecule has 0 radical (unpaired) electrons. The molecule has 0 spiro atoms. The van der Waals surface area contributed by atoms with Crippen molar-refractivity contribution in [1.82, 2.24) is 9.78 Å². The summed E-state index contributed by atoms with van der Waals surface area (Å²) >= 11 is 0. The third-order valence-electron chi connectivity index (χ3n) is 3.16. The predicted octanol–water partition coefficient (Wildman–Crippen LogP) is 0.172. The summed E-state index contributed by atoms with van der Waals surface area (Å²) in [7, 11) is 1.83. The first-order chi connectivity index (χ1) is 6.97. The summed E-state index contributed by atoms with van der Waals surface area (Å²) in [6.45, 7) is 1.89. The van der Waals surface area contributed by atoms with Crippen LogP contribution >= 0.6 is 0 Å². The number of aryl methyl sites for hydroxylation is 2. The van der Waals surface area contributed by atoms with E-state index in [1.54, 1.807) is 4.68 Å². The quantitative estimate of drug-likeness (QED) is 0.743. The zero-order valence-corrected chi connectivity index (χ0v) is 8.90. The van der Waals surface area contributed by atoms with Gasteiger partial charge < -0.3 is 10.8 Å². The van der Waals surface area contributed by atoms with E-state index >= 15 is 0 Å². The van der Waals surface area contributed by atoms with Crippen LogP contribution in [0.5, 0.6) is 0 Å². The molecule has 1 aromatic rings. The number of hydrogen-bond donors (Lipinski definition) is 2. The molecule has 2 rings (SSSR count). The molecule has 1 atom stereocenters. The second-order valence-electron chi connectivity index (χ2n) is 4.27. The van der Waals surface area contributed by atoms with Crippen LogP contribution in [0.3, 0.4) is 0 Å². The average Bonchev–Trinajstić information content (AvgIpc) is 2.87. The van der Waals surface area contributed by atoms with Crippen LogP contribution in [0.25, 0.3) is 0 Å². The van der Waals surface area contributed by atoms with Gasteiger partial charge in [-0.05, 0) is 25.8 Å². The minimum Gasteiger partial charge on any atom is -0.480 e. The van der Waals surface area contributed by atoms with Crippen molar-refractivity contribution >= 4 is 5.97 Å². The molecule has 5 heteroatoms. The molecule has 1 saturated carbocycles. The second-order valence-corrected chi connectivity index (χ2v) is 4.27. The Kier molecular flexibility index (Phi) is 2.08. The van der Waals surface area contributed by atoms with Gasteiger partial charge in [-0.2, -0.15) is 5.10 Å². The van der Waals surface area contributed by atoms with Crippen LogP contribution < -0.4 is 5.73 Å². The normalized spacial score (nSPS) is 19.9. The first-order valence-electron chi connectivity index (χ1n) is 4.97. The number of aliphatic carboxylic acids is 1. The van der Waals surface area contributed by atoms with E-state index in [9.17, 15) is 4.79 Å². The molecule has 5 nitrogen and oxygen atoms in total. The minimum absolute atomic E-state index is 0.387. The molecule has 82 valence electrons. The van der Waals surface area contributed by atoms with E-state index in [-0.39, 0.29) is 5.41 Å². The van der Waals surface area contributed by atoms with Crippen LogP contribution in [0.1, 0.15) is 24.2 Å². The standard InChI is InChI=1S/C10H15N3O2/c1-6-5-7(13(2)12-6)10(3-4-10)8(11)9(14)15/h5,8H,3-4,11H2,1-2H3,(H,14,15).